The standard InChI is InChI=1S/C14H22FNO2/c1-3-16-14(11-18-9-8-17-2)10-12-4-6-13(15)7-5-12/h4-7,14,16H,3,8-11H2,1-2H3. The molecule has 0 amide bonds. The van der Waals surface area contributed by atoms with Gasteiger partial charge in [-0.3, -0.25) is 0 Å². The minimum Gasteiger partial charge on any atom is -0.382 e. The Labute approximate surface area is 108 Å². The Kier molecular flexibility index (Phi) is 7.57. The lowest BCUT2D eigenvalue weighted by Gasteiger charge is -2.18. The second kappa shape index (κ2) is 9.03. The number of halogens is 1. The number of hydrogen-bond acceptors (Lipinski definition) is 3. The highest BCUT2D eigenvalue weighted by Gasteiger charge is 2.08. The van der Waals surface area contributed by atoms with Crippen molar-refractivity contribution in [2.24, 2.45) is 0 Å². The number of likely N-dealkylation sites (N-methyl/N-ethyl adjacent to an activating group) is 1. The minimum atomic E-state index is -0.199. The van der Waals surface area contributed by atoms with Gasteiger partial charge in [-0.25, -0.2) is 4.39 Å². The van der Waals surface area contributed by atoms with Crippen LogP contribution in [-0.2, 0) is 15.9 Å². The summed E-state index contributed by atoms with van der Waals surface area (Å²) in [4.78, 5) is 0. The molecule has 0 spiro atoms. The molecule has 0 bridgehead atoms. The van der Waals surface area contributed by atoms with Crippen LogP contribution in [0.2, 0.25) is 0 Å². The summed E-state index contributed by atoms with van der Waals surface area (Å²) >= 11 is 0. The molecule has 0 saturated carbocycles. The van der Waals surface area contributed by atoms with Crippen LogP contribution in [0.1, 0.15) is 12.5 Å². The molecule has 102 valence electrons. The van der Waals surface area contributed by atoms with Gasteiger partial charge in [0, 0.05) is 13.2 Å². The lowest BCUT2D eigenvalue weighted by atomic mass is 10.1. The number of hydrogen-bond donors (Lipinski definition) is 1. The van der Waals surface area contributed by atoms with Crippen LogP contribution in [0.5, 0.6) is 0 Å². The van der Waals surface area contributed by atoms with Gasteiger partial charge in [0.05, 0.1) is 19.8 Å². The van der Waals surface area contributed by atoms with Gasteiger partial charge in [-0.2, -0.15) is 0 Å². The smallest absolute Gasteiger partial charge is 0.123 e. The molecule has 4 heteroatoms. The van der Waals surface area contributed by atoms with E-state index in [1.54, 1.807) is 7.11 Å². The average Bonchev–Trinajstić information content (AvgIpc) is 2.37. The molecule has 18 heavy (non-hydrogen) atoms. The fourth-order valence-corrected chi connectivity index (χ4v) is 1.75. The number of rotatable bonds is 9. The molecule has 0 aliphatic heterocycles. The molecule has 1 rings (SSSR count). The molecule has 0 aliphatic carbocycles. The summed E-state index contributed by atoms with van der Waals surface area (Å²) in [7, 11) is 1.66. The average molecular weight is 255 g/mol. The predicted octanol–water partition coefficient (Wildman–Crippen LogP) is 2.01. The van der Waals surface area contributed by atoms with E-state index >= 15 is 0 Å². The second-order valence-electron chi connectivity index (χ2n) is 4.15. The lowest BCUT2D eigenvalue weighted by Crippen LogP contribution is -2.35. The van der Waals surface area contributed by atoms with Gasteiger partial charge in [0.1, 0.15) is 5.82 Å². The number of methoxy groups -OCH3 is 1. The van der Waals surface area contributed by atoms with E-state index in [2.05, 4.69) is 12.2 Å². The fourth-order valence-electron chi connectivity index (χ4n) is 1.75. The van der Waals surface area contributed by atoms with E-state index in [0.717, 1.165) is 18.5 Å². The van der Waals surface area contributed by atoms with E-state index in [1.165, 1.54) is 12.1 Å². The molecule has 1 unspecified atom stereocenters. The Balaban J connectivity index is 2.38. The topological polar surface area (TPSA) is 30.5 Å². The van der Waals surface area contributed by atoms with Crippen molar-refractivity contribution < 1.29 is 13.9 Å². The van der Waals surface area contributed by atoms with Crippen LogP contribution in [0.15, 0.2) is 24.3 Å². The van der Waals surface area contributed by atoms with Gasteiger partial charge in [-0.05, 0) is 30.7 Å². The molecule has 0 fully saturated rings. The maximum Gasteiger partial charge on any atom is 0.123 e. The Morgan fingerprint density at radius 2 is 1.94 bits per heavy atom. The molecule has 0 heterocycles. The zero-order valence-corrected chi connectivity index (χ0v) is 11.1. The van der Waals surface area contributed by atoms with Gasteiger partial charge in [0.25, 0.3) is 0 Å². The normalized spacial score (nSPS) is 12.6. The maximum atomic E-state index is 12.8. The number of benzene rings is 1. The highest BCUT2D eigenvalue weighted by atomic mass is 19.1. The van der Waals surface area contributed by atoms with E-state index in [-0.39, 0.29) is 11.9 Å². The molecule has 0 radical (unpaired) electrons. The molecular formula is C14H22FNO2. The van der Waals surface area contributed by atoms with E-state index in [0.29, 0.717) is 19.8 Å². The van der Waals surface area contributed by atoms with Crippen molar-refractivity contribution in [1.29, 1.82) is 0 Å². The van der Waals surface area contributed by atoms with Crippen LogP contribution in [-0.4, -0.2) is 39.5 Å². The van der Waals surface area contributed by atoms with Crippen molar-refractivity contribution in [3.8, 4) is 0 Å². The van der Waals surface area contributed by atoms with Crippen molar-refractivity contribution in [3.05, 3.63) is 35.6 Å². The molecule has 0 saturated heterocycles. The van der Waals surface area contributed by atoms with Crippen LogP contribution < -0.4 is 5.32 Å². The summed E-state index contributed by atoms with van der Waals surface area (Å²) in [6.07, 6.45) is 0.834. The molecule has 3 nitrogen and oxygen atoms in total. The third-order valence-electron chi connectivity index (χ3n) is 2.64. The largest absolute Gasteiger partial charge is 0.382 e. The first-order valence-corrected chi connectivity index (χ1v) is 6.30. The van der Waals surface area contributed by atoms with Crippen LogP contribution >= 0.6 is 0 Å². The zero-order chi connectivity index (χ0) is 13.2. The maximum absolute atomic E-state index is 12.8. The van der Waals surface area contributed by atoms with Crippen molar-refractivity contribution >= 4 is 0 Å². The van der Waals surface area contributed by atoms with Crippen LogP contribution in [0.3, 0.4) is 0 Å². The van der Waals surface area contributed by atoms with Gasteiger partial charge in [-0.15, -0.1) is 0 Å². The highest BCUT2D eigenvalue weighted by Crippen LogP contribution is 2.06. The quantitative estimate of drug-likeness (QED) is 0.685. The summed E-state index contributed by atoms with van der Waals surface area (Å²) in [6, 6.07) is 6.86. The Hall–Kier alpha value is -0.970. The lowest BCUT2D eigenvalue weighted by molar-refractivity contribution is 0.0589. The Morgan fingerprint density at radius 1 is 1.22 bits per heavy atom. The van der Waals surface area contributed by atoms with Crippen LogP contribution in [0, 0.1) is 5.82 Å². The van der Waals surface area contributed by atoms with E-state index < -0.39 is 0 Å². The first-order valence-electron chi connectivity index (χ1n) is 6.30. The van der Waals surface area contributed by atoms with Crippen molar-refractivity contribution in [2.75, 3.05) is 33.5 Å². The summed E-state index contributed by atoms with van der Waals surface area (Å²) in [5, 5.41) is 3.36. The Morgan fingerprint density at radius 3 is 2.56 bits per heavy atom. The van der Waals surface area contributed by atoms with Gasteiger partial charge in [-0.1, -0.05) is 19.1 Å². The van der Waals surface area contributed by atoms with Crippen LogP contribution in [0.4, 0.5) is 4.39 Å². The molecule has 1 aromatic carbocycles. The minimum absolute atomic E-state index is 0.199. The van der Waals surface area contributed by atoms with Crippen molar-refractivity contribution in [2.45, 2.75) is 19.4 Å². The highest BCUT2D eigenvalue weighted by molar-refractivity contribution is 5.17. The zero-order valence-electron chi connectivity index (χ0n) is 11.1. The van der Waals surface area contributed by atoms with E-state index in [9.17, 15) is 4.39 Å². The molecule has 1 aromatic rings. The van der Waals surface area contributed by atoms with Gasteiger partial charge >= 0.3 is 0 Å². The van der Waals surface area contributed by atoms with Gasteiger partial charge in [0.2, 0.25) is 0 Å². The summed E-state index contributed by atoms with van der Waals surface area (Å²) in [5.41, 5.74) is 1.11. The number of nitrogens with one attached hydrogen (secondary N) is 1. The van der Waals surface area contributed by atoms with Crippen LogP contribution in [0.25, 0.3) is 0 Å². The number of ether oxygens (including phenoxy) is 2. The first-order chi connectivity index (χ1) is 8.76. The summed E-state index contributed by atoms with van der Waals surface area (Å²) in [5.74, 6) is -0.199. The van der Waals surface area contributed by atoms with Gasteiger partial charge < -0.3 is 14.8 Å². The molecule has 1 N–H and O–H groups in total. The predicted molar refractivity (Wildman–Crippen MR) is 70.3 cm³/mol. The summed E-state index contributed by atoms with van der Waals surface area (Å²) in [6.45, 7) is 4.79. The molecule has 1 atom stereocenters. The first kappa shape index (κ1) is 15.1. The third-order valence-corrected chi connectivity index (χ3v) is 2.64. The fraction of sp³-hybridized carbons (Fsp3) is 0.571. The third kappa shape index (κ3) is 6.10. The second-order valence-corrected chi connectivity index (χ2v) is 4.15. The van der Waals surface area contributed by atoms with E-state index in [4.69, 9.17) is 9.47 Å². The van der Waals surface area contributed by atoms with Gasteiger partial charge in [0.15, 0.2) is 0 Å². The molecule has 0 aliphatic rings. The van der Waals surface area contributed by atoms with Crippen molar-refractivity contribution in [3.63, 3.8) is 0 Å². The SMILES string of the molecule is CCNC(COCCOC)Cc1ccc(F)cc1. The summed E-state index contributed by atoms with van der Waals surface area (Å²) < 4.78 is 23.3. The molecular weight excluding hydrogens is 233 g/mol. The monoisotopic (exact) mass is 255 g/mol. The Bertz CT molecular complexity index is 316. The van der Waals surface area contributed by atoms with Crippen molar-refractivity contribution in [1.82, 2.24) is 5.32 Å². The van der Waals surface area contributed by atoms with E-state index in [1.807, 2.05) is 12.1 Å². The molecule has 0 aromatic heterocycles.